The number of urea groups is 1. The number of amides is 4. The SMILES string of the molecule is C=CCNC(=O)C(=O)C(CCCC(F)(F)F)NC(O)C1=C(C(C)C)CCN1C(=O)[C@@H](NC(=O)N[C@H](C(=O)OCC1CC1)C(C)C)C(C)(C)C. The Morgan fingerprint density at radius 3 is 2.20 bits per heavy atom. The molecule has 4 atom stereocenters. The molecule has 5 N–H and O–H groups in total. The quantitative estimate of drug-likeness (QED) is 0.0625. The predicted octanol–water partition coefficient (Wildman–Crippen LogP) is 3.70. The van der Waals surface area contributed by atoms with Crippen molar-refractivity contribution in [2.75, 3.05) is 19.7 Å². The summed E-state index contributed by atoms with van der Waals surface area (Å²) in [6, 6.07) is -4.41. The fourth-order valence-electron chi connectivity index (χ4n) is 5.46. The van der Waals surface area contributed by atoms with Gasteiger partial charge in [-0.05, 0) is 60.8 Å². The molecule has 278 valence electrons. The molecule has 0 aromatic carbocycles. The minimum Gasteiger partial charge on any atom is -0.464 e. The second-order valence-electron chi connectivity index (χ2n) is 14.5. The van der Waals surface area contributed by atoms with Gasteiger partial charge >= 0.3 is 18.2 Å². The Kier molecular flexibility index (Phi) is 15.3. The maximum atomic E-state index is 14.2. The number of carbonyl (C=O) groups excluding carboxylic acids is 5. The number of aliphatic hydroxyl groups excluding tert-OH is 1. The Bertz CT molecular complexity index is 1240. The van der Waals surface area contributed by atoms with Crippen LogP contribution in [-0.4, -0.2) is 89.8 Å². The molecule has 0 bridgehead atoms. The van der Waals surface area contributed by atoms with E-state index >= 15 is 0 Å². The summed E-state index contributed by atoms with van der Waals surface area (Å²) in [6.07, 6.45) is -4.69. The van der Waals surface area contributed by atoms with Gasteiger partial charge in [-0.25, -0.2) is 9.59 Å². The number of alkyl halides is 3. The molecule has 1 aliphatic heterocycles. The Hall–Kier alpha value is -3.46. The van der Waals surface area contributed by atoms with Crippen LogP contribution in [0.3, 0.4) is 0 Å². The fourth-order valence-corrected chi connectivity index (χ4v) is 5.46. The van der Waals surface area contributed by atoms with Crippen molar-refractivity contribution in [3.05, 3.63) is 23.9 Å². The number of ether oxygens (including phenoxy) is 1. The molecule has 1 heterocycles. The summed E-state index contributed by atoms with van der Waals surface area (Å²) < 4.78 is 44.2. The van der Waals surface area contributed by atoms with Gasteiger partial charge in [-0.2, -0.15) is 13.2 Å². The van der Waals surface area contributed by atoms with E-state index < -0.39 is 84.8 Å². The lowest BCUT2D eigenvalue weighted by molar-refractivity contribution is -0.147. The van der Waals surface area contributed by atoms with Crippen LogP contribution in [0.5, 0.6) is 0 Å². The van der Waals surface area contributed by atoms with E-state index in [1.54, 1.807) is 34.6 Å². The summed E-state index contributed by atoms with van der Waals surface area (Å²) >= 11 is 0. The van der Waals surface area contributed by atoms with Gasteiger partial charge in [-0.15, -0.1) is 6.58 Å². The summed E-state index contributed by atoms with van der Waals surface area (Å²) in [6.45, 7) is 16.2. The van der Waals surface area contributed by atoms with Crippen LogP contribution in [0.2, 0.25) is 0 Å². The molecule has 2 rings (SSSR count). The first-order valence-corrected chi connectivity index (χ1v) is 16.9. The molecule has 0 saturated heterocycles. The maximum absolute atomic E-state index is 14.2. The molecule has 0 aromatic rings. The molecule has 0 spiro atoms. The first-order valence-electron chi connectivity index (χ1n) is 16.9. The fraction of sp³-hybridized carbons (Fsp3) is 0.735. The van der Waals surface area contributed by atoms with Gasteiger partial charge in [-0.1, -0.05) is 54.5 Å². The number of hydrogen-bond donors (Lipinski definition) is 5. The number of halogens is 3. The van der Waals surface area contributed by atoms with Crippen molar-refractivity contribution in [3.8, 4) is 0 Å². The first-order chi connectivity index (χ1) is 22.7. The van der Waals surface area contributed by atoms with Gasteiger partial charge in [0.05, 0.1) is 18.3 Å². The van der Waals surface area contributed by atoms with Crippen molar-refractivity contribution in [2.24, 2.45) is 23.2 Å². The second-order valence-corrected chi connectivity index (χ2v) is 14.5. The van der Waals surface area contributed by atoms with Gasteiger partial charge in [0.15, 0.2) is 0 Å². The van der Waals surface area contributed by atoms with Gasteiger partial charge in [0, 0.05) is 19.5 Å². The number of hydrogen-bond acceptors (Lipinski definition) is 8. The average molecular weight is 702 g/mol. The molecule has 0 radical (unpaired) electrons. The smallest absolute Gasteiger partial charge is 0.389 e. The standard InChI is InChI=1S/C34H54F3N5O7/c1-9-16-38-29(45)26(43)23(11-10-15-34(35,36)37)39-28(44)25-22(19(2)3)14-17-42(25)30(46)27(33(6,7)8)41-32(48)40-24(20(4)5)31(47)49-18-21-12-13-21/h9,19-21,23-24,27-28,39,44H,1,10-18H2,2-8H3,(H,38,45)(H2,40,41,48)/t23?,24-,27+,28?/m0/s1. The molecule has 1 fully saturated rings. The van der Waals surface area contributed by atoms with Crippen molar-refractivity contribution in [2.45, 2.75) is 118 Å². The van der Waals surface area contributed by atoms with Crippen molar-refractivity contribution < 1.29 is 47.0 Å². The summed E-state index contributed by atoms with van der Waals surface area (Å²) in [5.74, 6) is -3.46. The van der Waals surface area contributed by atoms with E-state index in [0.717, 1.165) is 12.8 Å². The molecule has 2 aliphatic rings. The number of ketones is 1. The predicted molar refractivity (Wildman–Crippen MR) is 176 cm³/mol. The number of rotatable bonds is 18. The minimum absolute atomic E-state index is 0.0539. The molecule has 1 saturated carbocycles. The van der Waals surface area contributed by atoms with Crippen LogP contribution in [0.1, 0.15) is 87.0 Å². The van der Waals surface area contributed by atoms with Gasteiger partial charge in [0.1, 0.15) is 18.3 Å². The number of nitrogens with one attached hydrogen (secondary N) is 4. The third-order valence-electron chi connectivity index (χ3n) is 8.46. The van der Waals surface area contributed by atoms with Gasteiger partial charge in [0.25, 0.3) is 5.91 Å². The molecule has 15 heteroatoms. The highest BCUT2D eigenvalue weighted by molar-refractivity contribution is 6.38. The zero-order valence-electron chi connectivity index (χ0n) is 29.7. The average Bonchev–Trinajstić information content (AvgIpc) is 3.71. The Morgan fingerprint density at radius 1 is 1.06 bits per heavy atom. The molecule has 2 unspecified atom stereocenters. The summed E-state index contributed by atoms with van der Waals surface area (Å²) in [5.41, 5.74) is -0.112. The van der Waals surface area contributed by atoms with Crippen LogP contribution in [0.25, 0.3) is 0 Å². The Morgan fingerprint density at radius 2 is 1.69 bits per heavy atom. The molecule has 12 nitrogen and oxygen atoms in total. The largest absolute Gasteiger partial charge is 0.464 e. The highest BCUT2D eigenvalue weighted by atomic mass is 19.4. The van der Waals surface area contributed by atoms with Crippen LogP contribution in [0.15, 0.2) is 23.9 Å². The monoisotopic (exact) mass is 701 g/mol. The number of esters is 1. The highest BCUT2D eigenvalue weighted by Gasteiger charge is 2.43. The van der Waals surface area contributed by atoms with Crippen molar-refractivity contribution in [1.82, 2.24) is 26.2 Å². The van der Waals surface area contributed by atoms with Crippen LogP contribution < -0.4 is 21.3 Å². The van der Waals surface area contributed by atoms with Crippen LogP contribution in [0, 0.1) is 23.2 Å². The summed E-state index contributed by atoms with van der Waals surface area (Å²) in [7, 11) is 0. The second kappa shape index (κ2) is 18.0. The highest BCUT2D eigenvalue weighted by Crippen LogP contribution is 2.34. The van der Waals surface area contributed by atoms with E-state index in [1.165, 1.54) is 11.0 Å². The topological polar surface area (TPSA) is 166 Å². The first kappa shape index (κ1) is 41.7. The molecular weight excluding hydrogens is 647 g/mol. The van der Waals surface area contributed by atoms with Gasteiger partial charge in [0.2, 0.25) is 11.7 Å². The number of Topliss-reactive ketones (excluding diaryl/α,β-unsaturated/α-hetero) is 1. The van der Waals surface area contributed by atoms with Crippen LogP contribution in [0.4, 0.5) is 18.0 Å². The maximum Gasteiger partial charge on any atom is 0.389 e. The molecule has 1 aliphatic carbocycles. The number of carbonyl (C=O) groups is 5. The van der Waals surface area contributed by atoms with E-state index in [0.29, 0.717) is 17.9 Å². The van der Waals surface area contributed by atoms with Crippen molar-refractivity contribution in [1.29, 1.82) is 0 Å². The van der Waals surface area contributed by atoms with E-state index in [9.17, 15) is 42.3 Å². The zero-order chi connectivity index (χ0) is 37.3. The lowest BCUT2D eigenvalue weighted by atomic mass is 9.85. The lowest BCUT2D eigenvalue weighted by Gasteiger charge is -2.36. The Labute approximate surface area is 287 Å². The van der Waals surface area contributed by atoms with Crippen LogP contribution >= 0.6 is 0 Å². The normalized spacial score (nSPS) is 17.8. The van der Waals surface area contributed by atoms with E-state index in [2.05, 4.69) is 27.8 Å². The molecule has 49 heavy (non-hydrogen) atoms. The number of nitrogens with zero attached hydrogens (tertiary/aromatic N) is 1. The summed E-state index contributed by atoms with van der Waals surface area (Å²) in [5, 5.41) is 21.7. The third kappa shape index (κ3) is 13.1. The number of aliphatic hydroxyl groups is 1. The lowest BCUT2D eigenvalue weighted by Crippen LogP contribution is -2.59. The van der Waals surface area contributed by atoms with Gasteiger partial charge < -0.3 is 30.7 Å². The third-order valence-corrected chi connectivity index (χ3v) is 8.46. The molecule has 0 aromatic heterocycles. The van der Waals surface area contributed by atoms with E-state index in [-0.39, 0.29) is 37.2 Å². The Balaban J connectivity index is 2.33. The van der Waals surface area contributed by atoms with E-state index in [1.807, 2.05) is 13.8 Å². The summed E-state index contributed by atoms with van der Waals surface area (Å²) in [4.78, 5) is 67.0. The van der Waals surface area contributed by atoms with Crippen LogP contribution in [-0.2, 0) is 23.9 Å². The molecular formula is C34H54F3N5O7. The minimum atomic E-state index is -4.49. The van der Waals surface area contributed by atoms with Crippen molar-refractivity contribution in [3.63, 3.8) is 0 Å². The molecule has 4 amide bonds. The zero-order valence-corrected chi connectivity index (χ0v) is 29.7. The van der Waals surface area contributed by atoms with E-state index in [4.69, 9.17) is 4.74 Å². The van der Waals surface area contributed by atoms with Crippen molar-refractivity contribution >= 4 is 29.6 Å². The van der Waals surface area contributed by atoms with Gasteiger partial charge in [-0.3, -0.25) is 19.7 Å².